The summed E-state index contributed by atoms with van der Waals surface area (Å²) >= 11 is 0. The maximum atomic E-state index is 11.7. The number of carbonyl (C=O) groups excluding carboxylic acids is 2. The van der Waals surface area contributed by atoms with Crippen LogP contribution in [0.3, 0.4) is 0 Å². The van der Waals surface area contributed by atoms with Crippen molar-refractivity contribution in [3.8, 4) is 0 Å². The van der Waals surface area contributed by atoms with Crippen LogP contribution in [0.4, 0.5) is 4.79 Å². The van der Waals surface area contributed by atoms with Crippen LogP contribution in [-0.4, -0.2) is 68.8 Å². The lowest BCUT2D eigenvalue weighted by atomic mass is 10.1. The van der Waals surface area contributed by atoms with Crippen molar-refractivity contribution in [3.63, 3.8) is 0 Å². The van der Waals surface area contributed by atoms with Crippen LogP contribution < -0.4 is 16.0 Å². The maximum absolute atomic E-state index is 11.7. The summed E-state index contributed by atoms with van der Waals surface area (Å²) in [6, 6.07) is 0.177. The molecule has 0 aromatic carbocycles. The third-order valence-corrected chi connectivity index (χ3v) is 3.08. The number of amides is 3. The van der Waals surface area contributed by atoms with Crippen molar-refractivity contribution in [2.45, 2.75) is 25.9 Å². The van der Waals surface area contributed by atoms with Crippen LogP contribution in [0.25, 0.3) is 0 Å². The van der Waals surface area contributed by atoms with E-state index in [4.69, 9.17) is 4.74 Å². The average Bonchev–Trinajstić information content (AvgIpc) is 2.34. The molecule has 7 nitrogen and oxygen atoms in total. The summed E-state index contributed by atoms with van der Waals surface area (Å²) in [5.74, 6) is -0.282. The molecule has 2 atom stereocenters. The molecule has 1 aliphatic heterocycles. The van der Waals surface area contributed by atoms with Gasteiger partial charge in [-0.2, -0.15) is 0 Å². The van der Waals surface area contributed by atoms with Gasteiger partial charge < -0.3 is 15.4 Å². The number of imide groups is 1. The first kappa shape index (κ1) is 15.9. The number of hydrogen-bond acceptors (Lipinski definition) is 5. The highest BCUT2D eigenvalue weighted by atomic mass is 16.5. The van der Waals surface area contributed by atoms with Crippen LogP contribution in [0, 0.1) is 0 Å². The molecule has 1 rings (SSSR count). The molecule has 1 aliphatic rings. The molecule has 1 fully saturated rings. The SMILES string of the molecule is COCCNC(=O)NC(=O)CN1CC(C)NCC1C. The Bertz CT molecular complexity index is 311. The topological polar surface area (TPSA) is 82.7 Å². The number of piperazine rings is 1. The molecule has 0 radical (unpaired) electrons. The lowest BCUT2D eigenvalue weighted by Crippen LogP contribution is -2.57. The second kappa shape index (κ2) is 8.08. The standard InChI is InChI=1S/C12H24N4O3/c1-9-7-16(10(2)6-14-9)8-11(17)15-12(18)13-4-5-19-3/h9-10,14H,4-8H2,1-3H3,(H2,13,15,17,18). The van der Waals surface area contributed by atoms with Gasteiger partial charge in [0.2, 0.25) is 5.91 Å². The smallest absolute Gasteiger partial charge is 0.321 e. The minimum Gasteiger partial charge on any atom is -0.383 e. The molecule has 0 saturated carbocycles. The first-order chi connectivity index (χ1) is 9.02. The van der Waals surface area contributed by atoms with E-state index < -0.39 is 6.03 Å². The molecule has 3 N–H and O–H groups in total. The number of rotatable bonds is 5. The third-order valence-electron chi connectivity index (χ3n) is 3.08. The van der Waals surface area contributed by atoms with Crippen molar-refractivity contribution in [3.05, 3.63) is 0 Å². The van der Waals surface area contributed by atoms with Gasteiger partial charge in [0.1, 0.15) is 0 Å². The van der Waals surface area contributed by atoms with Crippen molar-refractivity contribution in [1.82, 2.24) is 20.9 Å². The molecule has 0 aromatic heterocycles. The van der Waals surface area contributed by atoms with E-state index in [0.717, 1.165) is 13.1 Å². The van der Waals surface area contributed by atoms with E-state index in [-0.39, 0.29) is 12.5 Å². The quantitative estimate of drug-likeness (QED) is 0.567. The summed E-state index contributed by atoms with van der Waals surface area (Å²) in [6.07, 6.45) is 0. The first-order valence-electron chi connectivity index (χ1n) is 6.57. The molecule has 0 bridgehead atoms. The van der Waals surface area contributed by atoms with E-state index in [1.165, 1.54) is 0 Å². The zero-order chi connectivity index (χ0) is 14.3. The largest absolute Gasteiger partial charge is 0.383 e. The number of ether oxygens (including phenoxy) is 1. The number of nitrogens with zero attached hydrogens (tertiary/aromatic N) is 1. The monoisotopic (exact) mass is 272 g/mol. The number of hydrogen-bond donors (Lipinski definition) is 3. The van der Waals surface area contributed by atoms with Crippen molar-refractivity contribution in [2.24, 2.45) is 0 Å². The van der Waals surface area contributed by atoms with Gasteiger partial charge in [0.25, 0.3) is 0 Å². The van der Waals surface area contributed by atoms with Gasteiger partial charge >= 0.3 is 6.03 Å². The fourth-order valence-electron chi connectivity index (χ4n) is 1.98. The van der Waals surface area contributed by atoms with Crippen LogP contribution in [0.15, 0.2) is 0 Å². The zero-order valence-corrected chi connectivity index (χ0v) is 11.9. The minimum absolute atomic E-state index is 0.241. The predicted octanol–water partition coefficient (Wildman–Crippen LogP) is -0.859. The van der Waals surface area contributed by atoms with Crippen molar-refractivity contribution in [1.29, 1.82) is 0 Å². The lowest BCUT2D eigenvalue weighted by molar-refractivity contribution is -0.122. The van der Waals surface area contributed by atoms with Crippen LogP contribution in [0.2, 0.25) is 0 Å². The Kier molecular flexibility index (Phi) is 6.75. The van der Waals surface area contributed by atoms with E-state index in [0.29, 0.717) is 25.2 Å². The van der Waals surface area contributed by atoms with E-state index in [1.54, 1.807) is 7.11 Å². The molecule has 3 amide bonds. The Morgan fingerprint density at radius 3 is 2.84 bits per heavy atom. The predicted molar refractivity (Wildman–Crippen MR) is 71.9 cm³/mol. The molecule has 110 valence electrons. The minimum atomic E-state index is -0.474. The Balaban J connectivity index is 2.27. The Labute approximate surface area is 114 Å². The zero-order valence-electron chi connectivity index (χ0n) is 11.9. The second-order valence-corrected chi connectivity index (χ2v) is 4.88. The molecular formula is C12H24N4O3. The Morgan fingerprint density at radius 2 is 2.16 bits per heavy atom. The molecule has 1 saturated heterocycles. The van der Waals surface area contributed by atoms with Gasteiger partial charge in [0, 0.05) is 38.8 Å². The van der Waals surface area contributed by atoms with E-state index >= 15 is 0 Å². The molecule has 0 aromatic rings. The van der Waals surface area contributed by atoms with Gasteiger partial charge in [-0.1, -0.05) is 0 Å². The van der Waals surface area contributed by atoms with E-state index in [9.17, 15) is 9.59 Å². The number of methoxy groups -OCH3 is 1. The van der Waals surface area contributed by atoms with Gasteiger partial charge in [-0.05, 0) is 13.8 Å². The molecular weight excluding hydrogens is 248 g/mol. The molecule has 19 heavy (non-hydrogen) atoms. The van der Waals surface area contributed by atoms with Gasteiger partial charge in [-0.25, -0.2) is 4.79 Å². The fourth-order valence-corrected chi connectivity index (χ4v) is 1.98. The second-order valence-electron chi connectivity index (χ2n) is 4.88. The molecule has 7 heteroatoms. The highest BCUT2D eigenvalue weighted by molar-refractivity contribution is 5.95. The van der Waals surface area contributed by atoms with Crippen molar-refractivity contribution in [2.75, 3.05) is 39.9 Å². The summed E-state index contributed by atoms with van der Waals surface area (Å²) in [6.45, 7) is 6.85. The van der Waals surface area contributed by atoms with Gasteiger partial charge in [0.15, 0.2) is 0 Å². The Morgan fingerprint density at radius 1 is 1.42 bits per heavy atom. The maximum Gasteiger partial charge on any atom is 0.321 e. The van der Waals surface area contributed by atoms with Crippen molar-refractivity contribution < 1.29 is 14.3 Å². The summed E-state index contributed by atoms with van der Waals surface area (Å²) in [4.78, 5) is 25.2. The number of carbonyl (C=O) groups is 2. The van der Waals surface area contributed by atoms with Gasteiger partial charge in [-0.15, -0.1) is 0 Å². The molecule has 0 spiro atoms. The molecule has 1 heterocycles. The van der Waals surface area contributed by atoms with E-state index in [1.807, 2.05) is 0 Å². The summed E-state index contributed by atoms with van der Waals surface area (Å²) < 4.78 is 4.80. The van der Waals surface area contributed by atoms with Crippen LogP contribution >= 0.6 is 0 Å². The first-order valence-corrected chi connectivity index (χ1v) is 6.57. The van der Waals surface area contributed by atoms with Crippen LogP contribution in [0.5, 0.6) is 0 Å². The highest BCUT2D eigenvalue weighted by Gasteiger charge is 2.24. The average molecular weight is 272 g/mol. The van der Waals surface area contributed by atoms with Gasteiger partial charge in [-0.3, -0.25) is 15.0 Å². The van der Waals surface area contributed by atoms with E-state index in [2.05, 4.69) is 34.7 Å². The van der Waals surface area contributed by atoms with Crippen LogP contribution in [0.1, 0.15) is 13.8 Å². The fraction of sp³-hybridized carbons (Fsp3) is 0.833. The number of urea groups is 1. The van der Waals surface area contributed by atoms with Crippen molar-refractivity contribution >= 4 is 11.9 Å². The number of nitrogens with one attached hydrogen (secondary N) is 3. The molecule has 0 aliphatic carbocycles. The third kappa shape index (κ3) is 6.00. The lowest BCUT2D eigenvalue weighted by Gasteiger charge is -2.36. The normalized spacial score (nSPS) is 23.9. The van der Waals surface area contributed by atoms with Crippen LogP contribution in [-0.2, 0) is 9.53 Å². The summed E-state index contributed by atoms with van der Waals surface area (Å²) in [7, 11) is 1.55. The highest BCUT2D eigenvalue weighted by Crippen LogP contribution is 2.05. The van der Waals surface area contributed by atoms with Gasteiger partial charge in [0.05, 0.1) is 13.2 Å². The summed E-state index contributed by atoms with van der Waals surface area (Å²) in [5.41, 5.74) is 0. The summed E-state index contributed by atoms with van der Waals surface area (Å²) in [5, 5.41) is 8.20. The molecule has 2 unspecified atom stereocenters. The Hall–Kier alpha value is -1.18.